The quantitative estimate of drug-likeness (QED) is 0.353. The van der Waals surface area contributed by atoms with Gasteiger partial charge in [-0.2, -0.15) is 4.98 Å². The van der Waals surface area contributed by atoms with E-state index in [1.807, 2.05) is 24.3 Å². The van der Waals surface area contributed by atoms with Crippen LogP contribution in [0.3, 0.4) is 0 Å². The van der Waals surface area contributed by atoms with Gasteiger partial charge in [-0.1, -0.05) is 13.8 Å². The lowest BCUT2D eigenvalue weighted by Gasteiger charge is -2.22. The number of nitrogens with one attached hydrogen (secondary N) is 1. The number of rotatable bonds is 13. The molecule has 9 nitrogen and oxygen atoms in total. The normalized spacial score (nSPS) is 15.9. The van der Waals surface area contributed by atoms with Crippen LogP contribution in [0.2, 0.25) is 0 Å². The van der Waals surface area contributed by atoms with E-state index in [0.717, 1.165) is 62.3 Å². The van der Waals surface area contributed by atoms with Gasteiger partial charge in [0.1, 0.15) is 18.0 Å². The summed E-state index contributed by atoms with van der Waals surface area (Å²) < 4.78 is 19.0. The van der Waals surface area contributed by atoms with Crippen LogP contribution in [0.25, 0.3) is 11.0 Å². The van der Waals surface area contributed by atoms with Crippen molar-refractivity contribution in [1.29, 1.82) is 0 Å². The molecule has 1 atom stereocenters. The van der Waals surface area contributed by atoms with E-state index in [9.17, 15) is 4.79 Å². The van der Waals surface area contributed by atoms with E-state index in [0.29, 0.717) is 37.8 Å². The average molecular weight is 496 g/mol. The summed E-state index contributed by atoms with van der Waals surface area (Å²) in [6, 6.07) is 11.0. The fourth-order valence-electron chi connectivity index (χ4n) is 4.22. The number of nitrogens with zero attached hydrogens (tertiary/aromatic N) is 4. The monoisotopic (exact) mass is 495 g/mol. The highest BCUT2D eigenvalue weighted by molar-refractivity contribution is 5.75. The van der Waals surface area contributed by atoms with E-state index >= 15 is 0 Å². The van der Waals surface area contributed by atoms with Gasteiger partial charge in [0.05, 0.1) is 6.61 Å². The highest BCUT2D eigenvalue weighted by Gasteiger charge is 2.14. The summed E-state index contributed by atoms with van der Waals surface area (Å²) in [6.07, 6.45) is 5.46. The largest absolute Gasteiger partial charge is 0.492 e. The van der Waals surface area contributed by atoms with Crippen LogP contribution in [0.5, 0.6) is 5.75 Å². The molecule has 1 fully saturated rings. The molecule has 1 unspecified atom stereocenters. The van der Waals surface area contributed by atoms with Gasteiger partial charge in [0.15, 0.2) is 6.29 Å². The first-order chi connectivity index (χ1) is 17.7. The van der Waals surface area contributed by atoms with Gasteiger partial charge in [-0.15, -0.1) is 0 Å². The first kappa shape index (κ1) is 26.1. The van der Waals surface area contributed by atoms with Crippen molar-refractivity contribution < 1.29 is 14.2 Å². The maximum absolute atomic E-state index is 12.6. The average Bonchev–Trinajstić information content (AvgIpc) is 2.91. The molecule has 194 valence electrons. The number of aromatic nitrogens is 3. The molecule has 1 N–H and O–H groups in total. The molecule has 0 aliphatic carbocycles. The van der Waals surface area contributed by atoms with Crippen LogP contribution in [-0.2, 0) is 16.0 Å². The zero-order valence-electron chi connectivity index (χ0n) is 21.3. The number of aryl methyl sites for hydroxylation is 1. The van der Waals surface area contributed by atoms with Crippen molar-refractivity contribution in [2.45, 2.75) is 52.4 Å². The van der Waals surface area contributed by atoms with Crippen LogP contribution in [0, 0.1) is 0 Å². The summed E-state index contributed by atoms with van der Waals surface area (Å²) in [4.78, 5) is 24.0. The topological polar surface area (TPSA) is 90.7 Å². The van der Waals surface area contributed by atoms with E-state index in [-0.39, 0.29) is 11.8 Å². The number of fused-ring (bicyclic) bond motifs is 1. The fraction of sp³-hybridized carbons (Fsp3) is 0.519. The summed E-state index contributed by atoms with van der Waals surface area (Å²) >= 11 is 0. The third-order valence-corrected chi connectivity index (χ3v) is 6.37. The number of benzene rings is 1. The Morgan fingerprint density at radius 1 is 1.11 bits per heavy atom. The predicted octanol–water partition coefficient (Wildman–Crippen LogP) is 4.19. The van der Waals surface area contributed by atoms with Crippen LogP contribution in [-0.4, -0.2) is 65.2 Å². The second-order valence-corrected chi connectivity index (χ2v) is 8.84. The summed E-state index contributed by atoms with van der Waals surface area (Å²) in [6.45, 7) is 9.70. The first-order valence-corrected chi connectivity index (χ1v) is 13.0. The number of hydrogen-bond donors (Lipinski definition) is 1. The smallest absolute Gasteiger partial charge is 0.252 e. The molecule has 0 saturated carbocycles. The van der Waals surface area contributed by atoms with Crippen molar-refractivity contribution in [2.24, 2.45) is 0 Å². The number of likely N-dealkylation sites (N-methyl/N-ethyl adjacent to an activating group) is 1. The Kier molecular flexibility index (Phi) is 9.66. The zero-order valence-corrected chi connectivity index (χ0v) is 21.3. The number of anilines is 2. The maximum Gasteiger partial charge on any atom is 0.252 e. The van der Waals surface area contributed by atoms with Gasteiger partial charge in [0, 0.05) is 43.0 Å². The van der Waals surface area contributed by atoms with Gasteiger partial charge in [0.2, 0.25) is 5.95 Å². The van der Waals surface area contributed by atoms with Crippen LogP contribution in [0.1, 0.15) is 39.5 Å². The molecule has 0 radical (unpaired) electrons. The summed E-state index contributed by atoms with van der Waals surface area (Å²) in [5.41, 5.74) is 1.36. The lowest BCUT2D eigenvalue weighted by atomic mass is 10.2. The lowest BCUT2D eigenvalue weighted by Crippen LogP contribution is -2.27. The molecular weight excluding hydrogens is 458 g/mol. The molecule has 4 rings (SSSR count). The van der Waals surface area contributed by atoms with Crippen molar-refractivity contribution in [3.05, 3.63) is 52.9 Å². The van der Waals surface area contributed by atoms with E-state index in [4.69, 9.17) is 14.2 Å². The molecule has 1 aromatic carbocycles. The molecule has 36 heavy (non-hydrogen) atoms. The summed E-state index contributed by atoms with van der Waals surface area (Å²) in [7, 11) is 0. The predicted molar refractivity (Wildman–Crippen MR) is 141 cm³/mol. The Morgan fingerprint density at radius 3 is 2.69 bits per heavy atom. The SMILES string of the molecule is CCN(CC)CCOc1ccc(Nc2ncc3ccc(=O)n(CCCOC4CCCCO4)c3n2)cc1. The summed E-state index contributed by atoms with van der Waals surface area (Å²) in [5, 5.41) is 4.04. The molecule has 1 aliphatic rings. The van der Waals surface area contributed by atoms with Crippen molar-refractivity contribution in [1.82, 2.24) is 19.4 Å². The highest BCUT2D eigenvalue weighted by Crippen LogP contribution is 2.20. The van der Waals surface area contributed by atoms with Crippen molar-refractivity contribution in [2.75, 3.05) is 44.8 Å². The van der Waals surface area contributed by atoms with E-state index in [2.05, 4.69) is 34.0 Å². The van der Waals surface area contributed by atoms with Gasteiger partial charge in [-0.25, -0.2) is 4.98 Å². The minimum Gasteiger partial charge on any atom is -0.492 e. The van der Waals surface area contributed by atoms with Gasteiger partial charge in [0.25, 0.3) is 5.56 Å². The Morgan fingerprint density at radius 2 is 1.94 bits per heavy atom. The van der Waals surface area contributed by atoms with Crippen molar-refractivity contribution in [3.8, 4) is 5.75 Å². The van der Waals surface area contributed by atoms with Crippen molar-refractivity contribution >= 4 is 22.7 Å². The van der Waals surface area contributed by atoms with Gasteiger partial charge >= 0.3 is 0 Å². The molecule has 3 aromatic rings. The van der Waals surface area contributed by atoms with E-state index in [1.54, 1.807) is 22.9 Å². The van der Waals surface area contributed by atoms with Crippen LogP contribution < -0.4 is 15.6 Å². The maximum atomic E-state index is 12.6. The Labute approximate surface area is 212 Å². The second kappa shape index (κ2) is 13.3. The molecule has 2 aromatic heterocycles. The molecule has 3 heterocycles. The lowest BCUT2D eigenvalue weighted by molar-refractivity contribution is -0.163. The van der Waals surface area contributed by atoms with E-state index < -0.39 is 0 Å². The molecular formula is C27H37N5O4. The Hall–Kier alpha value is -3.01. The third-order valence-electron chi connectivity index (χ3n) is 6.37. The molecule has 9 heteroatoms. The van der Waals surface area contributed by atoms with Gasteiger partial charge in [-0.05, 0) is 69.1 Å². The third kappa shape index (κ3) is 7.25. The fourth-order valence-corrected chi connectivity index (χ4v) is 4.22. The van der Waals surface area contributed by atoms with Crippen LogP contribution >= 0.6 is 0 Å². The standard InChI is InChI=1S/C27H37N5O4/c1-3-31(4-2)16-19-34-23-12-10-22(11-13-23)29-27-28-20-21-9-14-24(33)32(26(21)30-27)15-7-18-36-25-8-5-6-17-35-25/h9-14,20,25H,3-8,15-19H2,1-2H3,(H,28,29,30). The number of pyridine rings is 1. The van der Waals surface area contributed by atoms with Crippen LogP contribution in [0.15, 0.2) is 47.4 Å². The van der Waals surface area contributed by atoms with Gasteiger partial charge in [-0.3, -0.25) is 9.36 Å². The van der Waals surface area contributed by atoms with Gasteiger partial charge < -0.3 is 24.4 Å². The molecule has 0 spiro atoms. The minimum absolute atomic E-state index is 0.0905. The Bertz CT molecular complexity index is 1140. The highest BCUT2D eigenvalue weighted by atomic mass is 16.7. The molecule has 0 amide bonds. The van der Waals surface area contributed by atoms with Crippen molar-refractivity contribution in [3.63, 3.8) is 0 Å². The second-order valence-electron chi connectivity index (χ2n) is 8.84. The van der Waals surface area contributed by atoms with E-state index in [1.165, 1.54) is 0 Å². The molecule has 1 saturated heterocycles. The Balaban J connectivity index is 1.36. The van der Waals surface area contributed by atoms with Crippen LogP contribution in [0.4, 0.5) is 11.6 Å². The molecule has 0 bridgehead atoms. The molecule has 1 aliphatic heterocycles. The first-order valence-electron chi connectivity index (χ1n) is 13.0. The number of hydrogen-bond acceptors (Lipinski definition) is 8. The number of ether oxygens (including phenoxy) is 3. The minimum atomic E-state index is -0.125. The summed E-state index contributed by atoms with van der Waals surface area (Å²) in [5.74, 6) is 1.26. The zero-order chi connectivity index (χ0) is 25.2.